The minimum atomic E-state index is -0.710. The van der Waals surface area contributed by atoms with Crippen molar-refractivity contribution < 1.29 is 24.9 Å². The minimum Gasteiger partial charge on any atom is -0.504 e. The second-order valence-corrected chi connectivity index (χ2v) is 7.06. The molecule has 0 aromatic heterocycles. The van der Waals surface area contributed by atoms with Crippen LogP contribution in [0.4, 0.5) is 0 Å². The minimum absolute atomic E-state index is 0.0258. The number of aliphatic imine (C=N–C) groups is 1. The molecule has 0 aliphatic rings. The molecule has 30 heavy (non-hydrogen) atoms. The van der Waals surface area contributed by atoms with Crippen molar-refractivity contribution in [3.05, 3.63) is 86.9 Å². The first-order valence-electron chi connectivity index (χ1n) is 8.65. The molecule has 6 nitrogen and oxygen atoms in total. The maximum absolute atomic E-state index is 12.8. The Morgan fingerprint density at radius 1 is 0.900 bits per heavy atom. The second-order valence-electron chi connectivity index (χ2n) is 6.28. The summed E-state index contributed by atoms with van der Waals surface area (Å²) in [6, 6.07) is 13.7. The highest BCUT2D eigenvalue weighted by Crippen LogP contribution is 2.35. The maximum Gasteiger partial charge on any atom is 0.200 e. The Balaban J connectivity index is 1.83. The van der Waals surface area contributed by atoms with Crippen LogP contribution in [0.3, 0.4) is 0 Å². The van der Waals surface area contributed by atoms with E-state index in [1.54, 1.807) is 36.4 Å². The van der Waals surface area contributed by atoms with Gasteiger partial charge in [-0.25, -0.2) is 0 Å². The van der Waals surface area contributed by atoms with Crippen molar-refractivity contribution in [2.45, 2.75) is 0 Å². The molecule has 0 spiro atoms. The first-order chi connectivity index (χ1) is 14.3. The molecule has 0 saturated carbocycles. The summed E-state index contributed by atoms with van der Waals surface area (Å²) in [5.74, 6) is -2.80. The Morgan fingerprint density at radius 2 is 1.53 bits per heavy atom. The average Bonchev–Trinajstić information content (AvgIpc) is 2.73. The standard InChI is InChI=1S/C22H15Cl2NO5/c23-15-7-6-13(20(24)19(15)21(29)12-4-2-1-3-5-12)10-25-11-18(28)14-8-16(26)22(30)17(27)9-14/h1-10,26-27,30H,11H2. The van der Waals surface area contributed by atoms with Gasteiger partial charge in [0.05, 0.1) is 15.6 Å². The van der Waals surface area contributed by atoms with Crippen molar-refractivity contribution in [2.75, 3.05) is 6.54 Å². The number of phenols is 3. The average molecular weight is 444 g/mol. The van der Waals surface area contributed by atoms with Crippen molar-refractivity contribution in [3.63, 3.8) is 0 Å². The zero-order valence-corrected chi connectivity index (χ0v) is 16.9. The number of hydrogen-bond donors (Lipinski definition) is 3. The molecule has 0 aliphatic heterocycles. The molecule has 3 N–H and O–H groups in total. The Kier molecular flexibility index (Phi) is 6.40. The molecule has 0 aliphatic carbocycles. The number of nitrogens with zero attached hydrogens (tertiary/aromatic N) is 1. The third-order valence-corrected chi connectivity index (χ3v) is 4.96. The molecule has 0 atom stereocenters. The molecule has 3 aromatic rings. The molecule has 0 amide bonds. The lowest BCUT2D eigenvalue weighted by Gasteiger charge is -2.09. The summed E-state index contributed by atoms with van der Waals surface area (Å²) < 4.78 is 0. The van der Waals surface area contributed by atoms with Crippen LogP contribution in [0.5, 0.6) is 17.2 Å². The molecule has 0 saturated heterocycles. The fourth-order valence-corrected chi connectivity index (χ4v) is 3.28. The van der Waals surface area contributed by atoms with Crippen molar-refractivity contribution in [3.8, 4) is 17.2 Å². The van der Waals surface area contributed by atoms with E-state index >= 15 is 0 Å². The summed E-state index contributed by atoms with van der Waals surface area (Å²) in [7, 11) is 0. The number of carbonyl (C=O) groups excluding carboxylic acids is 2. The molecule has 0 bridgehead atoms. The number of aromatic hydroxyl groups is 3. The molecule has 3 rings (SSSR count). The van der Waals surface area contributed by atoms with Gasteiger partial charge in [-0.1, -0.05) is 59.6 Å². The van der Waals surface area contributed by atoms with E-state index in [0.29, 0.717) is 11.1 Å². The van der Waals surface area contributed by atoms with Crippen molar-refractivity contribution in [2.24, 2.45) is 4.99 Å². The molecular weight excluding hydrogens is 429 g/mol. The van der Waals surface area contributed by atoms with E-state index < -0.39 is 23.0 Å². The SMILES string of the molecule is O=C(CN=Cc1ccc(Cl)c(C(=O)c2ccccc2)c1Cl)c1cc(O)c(O)c(O)c1. The summed E-state index contributed by atoms with van der Waals surface area (Å²) in [5.41, 5.74) is 0.928. The van der Waals surface area contributed by atoms with Gasteiger partial charge in [0.15, 0.2) is 28.8 Å². The summed E-state index contributed by atoms with van der Waals surface area (Å²) in [4.78, 5) is 29.0. The van der Waals surface area contributed by atoms with Crippen LogP contribution in [0.2, 0.25) is 10.0 Å². The predicted octanol–water partition coefficient (Wildman–Crippen LogP) is 4.64. The van der Waals surface area contributed by atoms with Crippen LogP contribution >= 0.6 is 23.2 Å². The van der Waals surface area contributed by atoms with E-state index in [4.69, 9.17) is 23.2 Å². The highest BCUT2D eigenvalue weighted by atomic mass is 35.5. The summed E-state index contributed by atoms with van der Waals surface area (Å²) in [6.45, 7) is -0.315. The van der Waals surface area contributed by atoms with Crippen LogP contribution in [-0.2, 0) is 0 Å². The third-order valence-electron chi connectivity index (χ3n) is 4.24. The topological polar surface area (TPSA) is 107 Å². The Labute approximate surface area is 181 Å². The van der Waals surface area contributed by atoms with E-state index in [1.165, 1.54) is 12.3 Å². The van der Waals surface area contributed by atoms with E-state index in [9.17, 15) is 24.9 Å². The number of carbonyl (C=O) groups is 2. The van der Waals surface area contributed by atoms with Crippen molar-refractivity contribution in [1.29, 1.82) is 0 Å². The molecular formula is C22H15Cl2NO5. The number of halogens is 2. The quantitative estimate of drug-likeness (QED) is 0.292. The summed E-state index contributed by atoms with van der Waals surface area (Å²) in [5, 5.41) is 28.7. The van der Waals surface area contributed by atoms with E-state index in [2.05, 4.69) is 4.99 Å². The lowest BCUT2D eigenvalue weighted by atomic mass is 10.0. The van der Waals surface area contributed by atoms with Crippen molar-refractivity contribution >= 4 is 41.0 Å². The molecule has 0 heterocycles. The molecule has 0 radical (unpaired) electrons. The summed E-state index contributed by atoms with van der Waals surface area (Å²) >= 11 is 12.6. The Hall–Kier alpha value is -3.35. The molecule has 152 valence electrons. The first kappa shape index (κ1) is 21.4. The van der Waals surface area contributed by atoms with Crippen LogP contribution < -0.4 is 0 Å². The number of benzene rings is 3. The largest absolute Gasteiger partial charge is 0.504 e. The molecule has 0 unspecified atom stereocenters. The van der Waals surface area contributed by atoms with Crippen LogP contribution in [0.15, 0.2) is 59.6 Å². The zero-order valence-electron chi connectivity index (χ0n) is 15.3. The second kappa shape index (κ2) is 8.98. The van der Waals surface area contributed by atoms with Gasteiger partial charge >= 0.3 is 0 Å². The van der Waals surface area contributed by atoms with Crippen molar-refractivity contribution in [1.82, 2.24) is 0 Å². The lowest BCUT2D eigenvalue weighted by molar-refractivity contribution is 0.0999. The van der Waals surface area contributed by atoms with Gasteiger partial charge in [0.2, 0.25) is 0 Å². The van der Waals surface area contributed by atoms with Crippen LogP contribution in [0.1, 0.15) is 31.8 Å². The highest BCUT2D eigenvalue weighted by molar-refractivity contribution is 6.42. The molecule has 8 heteroatoms. The van der Waals surface area contributed by atoms with Gasteiger partial charge in [0.25, 0.3) is 0 Å². The van der Waals surface area contributed by atoms with E-state index in [0.717, 1.165) is 12.1 Å². The fourth-order valence-electron chi connectivity index (χ4n) is 2.69. The monoisotopic (exact) mass is 443 g/mol. The Morgan fingerprint density at radius 3 is 2.17 bits per heavy atom. The van der Waals surface area contributed by atoms with Gasteiger partial charge in [0, 0.05) is 22.9 Å². The van der Waals surface area contributed by atoms with Crippen LogP contribution in [-0.4, -0.2) is 39.6 Å². The smallest absolute Gasteiger partial charge is 0.200 e. The van der Waals surface area contributed by atoms with Gasteiger partial charge in [0.1, 0.15) is 6.54 Å². The zero-order chi connectivity index (χ0) is 21.8. The number of phenolic OH excluding ortho intramolecular Hbond substituents is 3. The number of Topliss-reactive ketones (excluding diaryl/α,β-unsaturated/α-hetero) is 1. The molecule has 3 aromatic carbocycles. The number of ketones is 2. The van der Waals surface area contributed by atoms with Crippen LogP contribution in [0, 0.1) is 0 Å². The summed E-state index contributed by atoms with van der Waals surface area (Å²) in [6.07, 6.45) is 1.33. The highest BCUT2D eigenvalue weighted by Gasteiger charge is 2.19. The number of rotatable bonds is 6. The maximum atomic E-state index is 12.8. The normalized spacial score (nSPS) is 11.0. The van der Waals surface area contributed by atoms with Gasteiger partial charge in [-0.15, -0.1) is 0 Å². The van der Waals surface area contributed by atoms with Gasteiger partial charge in [-0.3, -0.25) is 14.6 Å². The first-order valence-corrected chi connectivity index (χ1v) is 9.41. The van der Waals surface area contributed by atoms with Crippen LogP contribution in [0.25, 0.3) is 0 Å². The Bertz CT molecular complexity index is 1140. The van der Waals surface area contributed by atoms with E-state index in [-0.39, 0.29) is 33.5 Å². The van der Waals surface area contributed by atoms with Gasteiger partial charge in [-0.05, 0) is 18.2 Å². The lowest BCUT2D eigenvalue weighted by Crippen LogP contribution is -2.06. The predicted molar refractivity (Wildman–Crippen MR) is 115 cm³/mol. The van der Waals surface area contributed by atoms with Gasteiger partial charge < -0.3 is 15.3 Å². The van der Waals surface area contributed by atoms with Gasteiger partial charge in [-0.2, -0.15) is 0 Å². The fraction of sp³-hybridized carbons (Fsp3) is 0.0455. The third kappa shape index (κ3) is 4.45. The number of hydrogen-bond acceptors (Lipinski definition) is 6. The molecule has 0 fully saturated rings. The van der Waals surface area contributed by atoms with E-state index in [1.807, 2.05) is 0 Å².